The molecular weight excluding hydrogens is 376 g/mol. The van der Waals surface area contributed by atoms with Crippen LogP contribution < -0.4 is 5.32 Å². The van der Waals surface area contributed by atoms with Crippen LogP contribution in [0, 0.1) is 0 Å². The summed E-state index contributed by atoms with van der Waals surface area (Å²) in [6, 6.07) is 7.33. The minimum Gasteiger partial charge on any atom is -0.466 e. The molecule has 7 nitrogen and oxygen atoms in total. The van der Waals surface area contributed by atoms with Crippen molar-refractivity contribution in [3.63, 3.8) is 0 Å². The predicted octanol–water partition coefficient (Wildman–Crippen LogP) is 2.69. The molecule has 2 rings (SSSR count). The van der Waals surface area contributed by atoms with Crippen LogP contribution in [0.5, 0.6) is 0 Å². The second kappa shape index (κ2) is 10.2. The third kappa shape index (κ3) is 6.03. The Hall–Kier alpha value is -2.06. The lowest BCUT2D eigenvalue weighted by molar-refractivity contribution is -0.143. The van der Waals surface area contributed by atoms with E-state index in [0.29, 0.717) is 42.0 Å². The van der Waals surface area contributed by atoms with Crippen molar-refractivity contribution in [3.8, 4) is 11.4 Å². The second-order valence-electron chi connectivity index (χ2n) is 5.42. The Bertz CT molecular complexity index is 749. The Morgan fingerprint density at radius 3 is 2.69 bits per heavy atom. The molecular formula is C17H21ClN4O3S. The highest BCUT2D eigenvalue weighted by Crippen LogP contribution is 2.23. The first-order valence-electron chi connectivity index (χ1n) is 8.21. The average molecular weight is 397 g/mol. The van der Waals surface area contributed by atoms with Crippen molar-refractivity contribution in [3.05, 3.63) is 29.3 Å². The number of halogens is 1. The van der Waals surface area contributed by atoms with Gasteiger partial charge in [-0.15, -0.1) is 10.2 Å². The summed E-state index contributed by atoms with van der Waals surface area (Å²) in [5.41, 5.74) is 0.902. The highest BCUT2D eigenvalue weighted by Gasteiger charge is 2.13. The van der Waals surface area contributed by atoms with Gasteiger partial charge in [-0.2, -0.15) is 0 Å². The van der Waals surface area contributed by atoms with Gasteiger partial charge in [0.05, 0.1) is 12.4 Å². The summed E-state index contributed by atoms with van der Waals surface area (Å²) in [5, 5.41) is 12.4. The normalized spacial score (nSPS) is 10.6. The maximum Gasteiger partial charge on any atom is 0.305 e. The molecule has 1 N–H and O–H groups in total. The standard InChI is InChI=1S/C17H21ClN4O3S/c1-3-25-15(24)5-4-10-19-14(23)11-26-17-21-20-16(22(17)2)12-6-8-13(18)9-7-12/h6-9H,3-5,10-11H2,1-2H3,(H,19,23). The van der Waals surface area contributed by atoms with Crippen molar-refractivity contribution in [2.45, 2.75) is 24.9 Å². The van der Waals surface area contributed by atoms with E-state index in [1.165, 1.54) is 11.8 Å². The zero-order valence-corrected chi connectivity index (χ0v) is 16.3. The van der Waals surface area contributed by atoms with E-state index in [0.717, 1.165) is 5.56 Å². The van der Waals surface area contributed by atoms with Crippen molar-refractivity contribution < 1.29 is 14.3 Å². The Morgan fingerprint density at radius 1 is 1.27 bits per heavy atom. The van der Waals surface area contributed by atoms with Crippen LogP contribution in [0.1, 0.15) is 19.8 Å². The number of carbonyl (C=O) groups is 2. The minimum atomic E-state index is -0.245. The van der Waals surface area contributed by atoms with Gasteiger partial charge in [-0.25, -0.2) is 0 Å². The van der Waals surface area contributed by atoms with Crippen molar-refractivity contribution in [2.24, 2.45) is 7.05 Å². The first-order valence-corrected chi connectivity index (χ1v) is 9.58. The number of hydrogen-bond acceptors (Lipinski definition) is 6. The van der Waals surface area contributed by atoms with Crippen molar-refractivity contribution >= 4 is 35.2 Å². The molecule has 1 amide bonds. The molecule has 9 heteroatoms. The highest BCUT2D eigenvalue weighted by atomic mass is 35.5. The van der Waals surface area contributed by atoms with E-state index in [1.807, 2.05) is 23.7 Å². The first kappa shape index (κ1) is 20.3. The molecule has 0 saturated heterocycles. The summed E-state index contributed by atoms with van der Waals surface area (Å²) in [4.78, 5) is 23.1. The molecule has 0 atom stereocenters. The molecule has 26 heavy (non-hydrogen) atoms. The van der Waals surface area contributed by atoms with Crippen LogP contribution in [0.25, 0.3) is 11.4 Å². The van der Waals surface area contributed by atoms with Gasteiger partial charge in [0.15, 0.2) is 11.0 Å². The Morgan fingerprint density at radius 2 is 2.00 bits per heavy atom. The number of esters is 1. The molecule has 0 radical (unpaired) electrons. The van der Waals surface area contributed by atoms with Gasteiger partial charge in [0, 0.05) is 30.6 Å². The van der Waals surface area contributed by atoms with Crippen LogP contribution in [-0.4, -0.2) is 45.5 Å². The van der Waals surface area contributed by atoms with Crippen LogP contribution in [0.15, 0.2) is 29.4 Å². The highest BCUT2D eigenvalue weighted by molar-refractivity contribution is 7.99. The number of nitrogens with one attached hydrogen (secondary N) is 1. The summed E-state index contributed by atoms with van der Waals surface area (Å²) in [6.45, 7) is 2.58. The lowest BCUT2D eigenvalue weighted by Crippen LogP contribution is -2.26. The van der Waals surface area contributed by atoms with Crippen LogP contribution in [0.2, 0.25) is 5.02 Å². The SMILES string of the molecule is CCOC(=O)CCCNC(=O)CSc1nnc(-c2ccc(Cl)cc2)n1C. The summed E-state index contributed by atoms with van der Waals surface area (Å²) < 4.78 is 6.67. The van der Waals surface area contributed by atoms with E-state index in [2.05, 4.69) is 15.5 Å². The molecule has 0 fully saturated rings. The summed E-state index contributed by atoms with van der Waals surface area (Å²) in [5.74, 6) is 0.574. The third-order valence-electron chi connectivity index (χ3n) is 3.45. The lowest BCUT2D eigenvalue weighted by Gasteiger charge is -2.06. The number of benzene rings is 1. The van der Waals surface area contributed by atoms with E-state index >= 15 is 0 Å². The number of carbonyl (C=O) groups excluding carboxylic acids is 2. The molecule has 140 valence electrons. The van der Waals surface area contributed by atoms with Crippen molar-refractivity contribution in [1.29, 1.82) is 0 Å². The van der Waals surface area contributed by atoms with Gasteiger partial charge < -0.3 is 14.6 Å². The van der Waals surface area contributed by atoms with Gasteiger partial charge >= 0.3 is 5.97 Å². The van der Waals surface area contributed by atoms with Crippen molar-refractivity contribution in [1.82, 2.24) is 20.1 Å². The second-order valence-corrected chi connectivity index (χ2v) is 6.80. The van der Waals surface area contributed by atoms with Crippen LogP contribution in [-0.2, 0) is 21.4 Å². The topological polar surface area (TPSA) is 86.1 Å². The van der Waals surface area contributed by atoms with Crippen LogP contribution in [0.4, 0.5) is 0 Å². The van der Waals surface area contributed by atoms with Crippen molar-refractivity contribution in [2.75, 3.05) is 18.9 Å². The van der Waals surface area contributed by atoms with E-state index in [4.69, 9.17) is 16.3 Å². The summed E-state index contributed by atoms with van der Waals surface area (Å²) >= 11 is 7.20. The largest absolute Gasteiger partial charge is 0.466 e. The maximum absolute atomic E-state index is 11.9. The van der Waals surface area contributed by atoms with Crippen LogP contribution in [0.3, 0.4) is 0 Å². The third-order valence-corrected chi connectivity index (χ3v) is 4.73. The number of aromatic nitrogens is 3. The fraction of sp³-hybridized carbons (Fsp3) is 0.412. The predicted molar refractivity (Wildman–Crippen MR) is 101 cm³/mol. The van der Waals surface area contributed by atoms with Gasteiger partial charge in [0.2, 0.25) is 5.91 Å². The molecule has 2 aromatic rings. The van der Waals surface area contributed by atoms with E-state index in [-0.39, 0.29) is 17.6 Å². The maximum atomic E-state index is 11.9. The molecule has 0 unspecified atom stereocenters. The molecule has 1 aromatic carbocycles. The Balaban J connectivity index is 1.78. The Kier molecular flexibility index (Phi) is 7.93. The van der Waals surface area contributed by atoms with Crippen LogP contribution >= 0.6 is 23.4 Å². The molecule has 0 bridgehead atoms. The molecule has 1 aromatic heterocycles. The number of thioether (sulfide) groups is 1. The quantitative estimate of drug-likeness (QED) is 0.398. The molecule has 1 heterocycles. The smallest absolute Gasteiger partial charge is 0.305 e. The molecule has 0 aliphatic carbocycles. The fourth-order valence-corrected chi connectivity index (χ4v) is 3.03. The summed E-state index contributed by atoms with van der Waals surface area (Å²) in [6.07, 6.45) is 0.856. The number of nitrogens with zero attached hydrogens (tertiary/aromatic N) is 3. The van der Waals surface area contributed by atoms with Gasteiger partial charge in [-0.05, 0) is 37.6 Å². The Labute approximate surface area is 161 Å². The van der Waals surface area contributed by atoms with Gasteiger partial charge in [-0.1, -0.05) is 23.4 Å². The number of amides is 1. The van der Waals surface area contributed by atoms with E-state index in [9.17, 15) is 9.59 Å². The summed E-state index contributed by atoms with van der Waals surface area (Å²) in [7, 11) is 1.85. The number of rotatable bonds is 9. The van der Waals surface area contributed by atoms with Gasteiger partial charge in [0.25, 0.3) is 0 Å². The zero-order chi connectivity index (χ0) is 18.9. The van der Waals surface area contributed by atoms with E-state index in [1.54, 1.807) is 19.1 Å². The molecule has 0 aliphatic heterocycles. The average Bonchev–Trinajstić information content (AvgIpc) is 2.98. The van der Waals surface area contributed by atoms with Gasteiger partial charge in [-0.3, -0.25) is 9.59 Å². The minimum absolute atomic E-state index is 0.116. The molecule has 0 saturated carbocycles. The van der Waals surface area contributed by atoms with Gasteiger partial charge in [0.1, 0.15) is 0 Å². The molecule has 0 spiro atoms. The number of hydrogen-bond donors (Lipinski definition) is 1. The monoisotopic (exact) mass is 396 g/mol. The number of ether oxygens (including phenoxy) is 1. The molecule has 0 aliphatic rings. The first-order chi connectivity index (χ1) is 12.5. The fourth-order valence-electron chi connectivity index (χ4n) is 2.17. The lowest BCUT2D eigenvalue weighted by atomic mass is 10.2. The van der Waals surface area contributed by atoms with E-state index < -0.39 is 0 Å². The zero-order valence-electron chi connectivity index (χ0n) is 14.7.